The summed E-state index contributed by atoms with van der Waals surface area (Å²) in [6.45, 7) is 3.04. The Morgan fingerprint density at radius 1 is 1.50 bits per heavy atom. The van der Waals surface area contributed by atoms with Gasteiger partial charge in [0.1, 0.15) is 0 Å². The third-order valence-corrected chi connectivity index (χ3v) is 4.41. The molecule has 3 heterocycles. The molecule has 2 aromatic heterocycles. The molecule has 0 aliphatic carbocycles. The van der Waals surface area contributed by atoms with Gasteiger partial charge in [0, 0.05) is 34.1 Å². The molecular formula is C14H16ClNOS. The Bertz CT molecular complexity index is 512. The van der Waals surface area contributed by atoms with E-state index in [1.807, 2.05) is 29.8 Å². The van der Waals surface area contributed by atoms with Gasteiger partial charge in [-0.2, -0.15) is 0 Å². The Balaban J connectivity index is 0.00000120. The summed E-state index contributed by atoms with van der Waals surface area (Å²) in [5, 5.41) is 0. The number of rotatable bonds is 2. The van der Waals surface area contributed by atoms with Crippen molar-refractivity contribution >= 4 is 23.7 Å². The summed E-state index contributed by atoms with van der Waals surface area (Å²) in [5.74, 6) is 0. The van der Waals surface area contributed by atoms with Gasteiger partial charge >= 0.3 is 0 Å². The molecule has 2 nitrogen and oxygen atoms in total. The van der Waals surface area contributed by atoms with E-state index in [4.69, 9.17) is 4.74 Å². The van der Waals surface area contributed by atoms with Gasteiger partial charge in [0.2, 0.25) is 0 Å². The van der Waals surface area contributed by atoms with Crippen LogP contribution in [0.1, 0.15) is 29.9 Å². The molecule has 0 aromatic carbocycles. The Hall–Kier alpha value is -0.900. The molecule has 1 aliphatic heterocycles. The number of halogens is 1. The van der Waals surface area contributed by atoms with Crippen LogP contribution in [0.15, 0.2) is 30.6 Å². The Kier molecular flexibility index (Phi) is 4.38. The molecule has 0 radical (unpaired) electrons. The van der Waals surface area contributed by atoms with E-state index in [1.54, 1.807) is 0 Å². The standard InChI is InChI=1S/C14H15NOS.ClH/c1-2-12-11-8-14(10-4-3-6-15-9-10)17-13(11)5-7-16-12;/h3-4,6,8-9,12H,2,5,7H2,1H3;1H. The van der Waals surface area contributed by atoms with Gasteiger partial charge in [-0.25, -0.2) is 0 Å². The summed E-state index contributed by atoms with van der Waals surface area (Å²) < 4.78 is 5.79. The third kappa shape index (κ3) is 2.44. The molecule has 3 rings (SSSR count). The summed E-state index contributed by atoms with van der Waals surface area (Å²) >= 11 is 1.89. The van der Waals surface area contributed by atoms with Crippen LogP contribution < -0.4 is 0 Å². The van der Waals surface area contributed by atoms with Gasteiger partial charge in [-0.05, 0) is 24.1 Å². The zero-order valence-corrected chi connectivity index (χ0v) is 11.9. The number of pyridine rings is 1. The smallest absolute Gasteiger partial charge is 0.0833 e. The highest BCUT2D eigenvalue weighted by atomic mass is 35.5. The lowest BCUT2D eigenvalue weighted by molar-refractivity contribution is 0.0412. The molecule has 0 bridgehead atoms. The molecule has 0 saturated heterocycles. The fourth-order valence-electron chi connectivity index (χ4n) is 2.28. The molecule has 1 aliphatic rings. The summed E-state index contributed by atoms with van der Waals surface area (Å²) in [5.41, 5.74) is 2.60. The molecule has 0 saturated carbocycles. The molecule has 2 aromatic rings. The lowest BCUT2D eigenvalue weighted by Gasteiger charge is -2.21. The van der Waals surface area contributed by atoms with Crippen molar-refractivity contribution in [1.82, 2.24) is 4.98 Å². The van der Waals surface area contributed by atoms with E-state index in [9.17, 15) is 0 Å². The zero-order chi connectivity index (χ0) is 11.7. The number of thiophene rings is 1. The first kappa shape index (κ1) is 13.5. The summed E-state index contributed by atoms with van der Waals surface area (Å²) in [6.07, 6.45) is 6.14. The quantitative estimate of drug-likeness (QED) is 0.821. The first-order valence-corrected chi connectivity index (χ1v) is 6.84. The van der Waals surface area contributed by atoms with Crippen LogP contribution in [0.2, 0.25) is 0 Å². The second-order valence-corrected chi connectivity index (χ2v) is 5.39. The van der Waals surface area contributed by atoms with Gasteiger partial charge in [0.15, 0.2) is 0 Å². The van der Waals surface area contributed by atoms with E-state index in [2.05, 4.69) is 24.0 Å². The van der Waals surface area contributed by atoms with E-state index in [0.29, 0.717) is 6.10 Å². The van der Waals surface area contributed by atoms with E-state index >= 15 is 0 Å². The van der Waals surface area contributed by atoms with Crippen LogP contribution in [-0.2, 0) is 11.2 Å². The minimum Gasteiger partial charge on any atom is -0.373 e. The van der Waals surface area contributed by atoms with Crippen molar-refractivity contribution in [1.29, 1.82) is 0 Å². The van der Waals surface area contributed by atoms with Crippen LogP contribution >= 0.6 is 23.7 Å². The van der Waals surface area contributed by atoms with Gasteiger partial charge in [0.25, 0.3) is 0 Å². The summed E-state index contributed by atoms with van der Waals surface area (Å²) in [4.78, 5) is 6.98. The van der Waals surface area contributed by atoms with Crippen LogP contribution in [0.3, 0.4) is 0 Å². The largest absolute Gasteiger partial charge is 0.373 e. The fraction of sp³-hybridized carbons (Fsp3) is 0.357. The van der Waals surface area contributed by atoms with Crippen molar-refractivity contribution in [2.45, 2.75) is 25.9 Å². The predicted molar refractivity (Wildman–Crippen MR) is 77.5 cm³/mol. The van der Waals surface area contributed by atoms with Crippen LogP contribution in [-0.4, -0.2) is 11.6 Å². The topological polar surface area (TPSA) is 22.1 Å². The van der Waals surface area contributed by atoms with Crippen LogP contribution in [0.25, 0.3) is 10.4 Å². The van der Waals surface area contributed by atoms with Crippen molar-refractivity contribution in [2.24, 2.45) is 0 Å². The molecular weight excluding hydrogens is 266 g/mol. The van der Waals surface area contributed by atoms with Crippen molar-refractivity contribution < 1.29 is 4.74 Å². The van der Waals surface area contributed by atoms with Crippen LogP contribution in [0.4, 0.5) is 0 Å². The SMILES string of the molecule is CCC1OCCc2sc(-c3cccnc3)cc21.Cl. The van der Waals surface area contributed by atoms with Crippen molar-refractivity contribution in [3.8, 4) is 10.4 Å². The number of hydrogen-bond donors (Lipinski definition) is 0. The molecule has 1 unspecified atom stereocenters. The zero-order valence-electron chi connectivity index (χ0n) is 10.3. The van der Waals surface area contributed by atoms with Gasteiger partial charge < -0.3 is 4.74 Å². The van der Waals surface area contributed by atoms with Crippen molar-refractivity contribution in [3.05, 3.63) is 41.0 Å². The van der Waals surface area contributed by atoms with Crippen molar-refractivity contribution in [2.75, 3.05) is 6.61 Å². The van der Waals surface area contributed by atoms with Gasteiger partial charge in [-0.15, -0.1) is 23.7 Å². The molecule has 1 atom stereocenters. The number of nitrogens with zero attached hydrogens (tertiary/aromatic N) is 1. The van der Waals surface area contributed by atoms with Crippen molar-refractivity contribution in [3.63, 3.8) is 0 Å². The van der Waals surface area contributed by atoms with E-state index in [-0.39, 0.29) is 12.4 Å². The Morgan fingerprint density at radius 3 is 3.11 bits per heavy atom. The maximum absolute atomic E-state index is 5.79. The average molecular weight is 282 g/mol. The average Bonchev–Trinajstić information content (AvgIpc) is 2.83. The first-order valence-electron chi connectivity index (χ1n) is 6.03. The number of aromatic nitrogens is 1. The second kappa shape index (κ2) is 5.83. The first-order chi connectivity index (χ1) is 8.38. The lowest BCUT2D eigenvalue weighted by Crippen LogP contribution is -2.13. The van der Waals surface area contributed by atoms with E-state index in [1.165, 1.54) is 20.9 Å². The van der Waals surface area contributed by atoms with Gasteiger partial charge in [-0.3, -0.25) is 4.98 Å². The highest BCUT2D eigenvalue weighted by molar-refractivity contribution is 7.15. The Labute approximate surface area is 117 Å². The number of ether oxygens (including phenoxy) is 1. The summed E-state index contributed by atoms with van der Waals surface area (Å²) in [6, 6.07) is 6.39. The maximum atomic E-state index is 5.79. The van der Waals surface area contributed by atoms with Gasteiger partial charge in [0.05, 0.1) is 12.7 Å². The highest BCUT2D eigenvalue weighted by Gasteiger charge is 2.22. The summed E-state index contributed by atoms with van der Waals surface area (Å²) in [7, 11) is 0. The molecule has 18 heavy (non-hydrogen) atoms. The van der Waals surface area contributed by atoms with E-state index < -0.39 is 0 Å². The second-order valence-electron chi connectivity index (χ2n) is 4.25. The molecule has 4 heteroatoms. The molecule has 0 amide bonds. The molecule has 0 spiro atoms. The maximum Gasteiger partial charge on any atom is 0.0833 e. The predicted octanol–water partition coefficient (Wildman–Crippen LogP) is 4.26. The van der Waals surface area contributed by atoms with E-state index in [0.717, 1.165) is 19.4 Å². The number of hydrogen-bond acceptors (Lipinski definition) is 3. The third-order valence-electron chi connectivity index (χ3n) is 3.15. The highest BCUT2D eigenvalue weighted by Crippen LogP contribution is 2.39. The van der Waals surface area contributed by atoms with Gasteiger partial charge in [-0.1, -0.05) is 13.0 Å². The van der Waals surface area contributed by atoms with Crippen LogP contribution in [0, 0.1) is 0 Å². The Morgan fingerprint density at radius 2 is 2.39 bits per heavy atom. The van der Waals surface area contributed by atoms with Crippen LogP contribution in [0.5, 0.6) is 0 Å². The fourth-order valence-corrected chi connectivity index (χ4v) is 3.47. The molecule has 0 fully saturated rings. The molecule has 96 valence electrons. The normalized spacial score (nSPS) is 17.9. The lowest BCUT2D eigenvalue weighted by atomic mass is 10.0. The monoisotopic (exact) mass is 281 g/mol. The minimum absolute atomic E-state index is 0. The minimum atomic E-state index is 0. The number of fused-ring (bicyclic) bond motifs is 1. The molecule has 0 N–H and O–H groups in total.